The molecule has 0 unspecified atom stereocenters. The molecule has 0 aliphatic heterocycles. The molecular formula is C49H30N8O. The van der Waals surface area contributed by atoms with Crippen molar-refractivity contribution in [3.05, 3.63) is 182 Å². The molecule has 272 valence electrons. The molecule has 9 nitrogen and oxygen atoms in total. The van der Waals surface area contributed by atoms with E-state index in [-0.39, 0.29) is 0 Å². The van der Waals surface area contributed by atoms with E-state index in [0.717, 1.165) is 55.2 Å². The number of fused-ring (bicyclic) bond motifs is 5. The van der Waals surface area contributed by atoms with Gasteiger partial charge in [-0.15, -0.1) is 0 Å². The van der Waals surface area contributed by atoms with Crippen LogP contribution in [-0.4, -0.2) is 39.5 Å². The SMILES string of the molecule is c1ccc(-c2nc(-c3ccccc3)nc(-c3cc(-c4nc(-c5ccccc5)nc(-c5ccccc5)n4)nc(-n4c5ccccc5c5oc6ccccc6c54)c3)n2)cc1. The molecule has 0 aliphatic rings. The quantitative estimate of drug-likeness (QED) is 0.159. The van der Waals surface area contributed by atoms with E-state index < -0.39 is 0 Å². The molecule has 11 rings (SSSR count). The first-order valence-electron chi connectivity index (χ1n) is 18.9. The minimum atomic E-state index is 0.404. The molecule has 5 aromatic heterocycles. The molecule has 0 saturated carbocycles. The fourth-order valence-electron chi connectivity index (χ4n) is 7.39. The number of pyridine rings is 1. The van der Waals surface area contributed by atoms with E-state index in [4.69, 9.17) is 39.3 Å². The van der Waals surface area contributed by atoms with Gasteiger partial charge in [-0.05, 0) is 36.4 Å². The van der Waals surface area contributed by atoms with Gasteiger partial charge in [0.2, 0.25) is 0 Å². The molecule has 9 heteroatoms. The van der Waals surface area contributed by atoms with E-state index in [1.165, 1.54) is 0 Å². The van der Waals surface area contributed by atoms with E-state index in [1.54, 1.807) is 0 Å². The van der Waals surface area contributed by atoms with E-state index >= 15 is 0 Å². The third kappa shape index (κ3) is 5.86. The van der Waals surface area contributed by atoms with Crippen LogP contribution in [0.2, 0.25) is 0 Å². The lowest BCUT2D eigenvalue weighted by Gasteiger charge is -2.13. The average molecular weight is 747 g/mol. The van der Waals surface area contributed by atoms with E-state index in [9.17, 15) is 0 Å². The summed E-state index contributed by atoms with van der Waals surface area (Å²) < 4.78 is 8.69. The first kappa shape index (κ1) is 33.2. The highest BCUT2D eigenvalue weighted by molar-refractivity contribution is 6.16. The molecule has 0 amide bonds. The molecule has 0 fully saturated rings. The molecule has 0 bridgehead atoms. The Bertz CT molecular complexity index is 3010. The van der Waals surface area contributed by atoms with Crippen molar-refractivity contribution in [1.82, 2.24) is 39.5 Å². The van der Waals surface area contributed by atoms with Gasteiger partial charge in [0.05, 0.1) is 5.52 Å². The summed E-state index contributed by atoms with van der Waals surface area (Å²) >= 11 is 0. The predicted molar refractivity (Wildman–Crippen MR) is 228 cm³/mol. The van der Waals surface area contributed by atoms with Crippen molar-refractivity contribution in [1.29, 1.82) is 0 Å². The number of hydrogen-bond acceptors (Lipinski definition) is 8. The molecule has 0 N–H and O–H groups in total. The van der Waals surface area contributed by atoms with Gasteiger partial charge < -0.3 is 4.42 Å². The highest BCUT2D eigenvalue weighted by Gasteiger charge is 2.23. The van der Waals surface area contributed by atoms with E-state index in [1.807, 2.05) is 164 Å². The van der Waals surface area contributed by atoms with Crippen molar-refractivity contribution in [2.24, 2.45) is 0 Å². The fourth-order valence-corrected chi connectivity index (χ4v) is 7.39. The lowest BCUT2D eigenvalue weighted by atomic mass is 10.1. The number of furan rings is 1. The van der Waals surface area contributed by atoms with Gasteiger partial charge in [0.1, 0.15) is 22.6 Å². The Labute approximate surface area is 332 Å². The van der Waals surface area contributed by atoms with Gasteiger partial charge in [0, 0.05) is 38.6 Å². The number of para-hydroxylation sites is 2. The minimum Gasteiger partial charge on any atom is -0.454 e. The average Bonchev–Trinajstić information content (AvgIpc) is 3.84. The maximum Gasteiger partial charge on any atom is 0.182 e. The highest BCUT2D eigenvalue weighted by atomic mass is 16.3. The summed E-state index contributed by atoms with van der Waals surface area (Å²) in [5, 5.41) is 1.94. The van der Waals surface area contributed by atoms with Gasteiger partial charge in [-0.3, -0.25) is 4.57 Å². The predicted octanol–water partition coefficient (Wildman–Crippen LogP) is 11.3. The number of hydrogen-bond donors (Lipinski definition) is 0. The summed E-state index contributed by atoms with van der Waals surface area (Å²) in [6.45, 7) is 0. The van der Waals surface area contributed by atoms with Gasteiger partial charge in [-0.1, -0.05) is 146 Å². The Kier molecular flexibility index (Phi) is 7.92. The molecule has 0 spiro atoms. The minimum absolute atomic E-state index is 0.404. The van der Waals surface area contributed by atoms with Crippen molar-refractivity contribution in [3.63, 3.8) is 0 Å². The fraction of sp³-hybridized carbons (Fsp3) is 0. The van der Waals surface area contributed by atoms with Gasteiger partial charge >= 0.3 is 0 Å². The zero-order chi connectivity index (χ0) is 38.4. The highest BCUT2D eigenvalue weighted by Crippen LogP contribution is 2.39. The molecule has 0 atom stereocenters. The van der Waals surface area contributed by atoms with Crippen LogP contribution in [-0.2, 0) is 0 Å². The lowest BCUT2D eigenvalue weighted by Crippen LogP contribution is -2.06. The summed E-state index contributed by atoms with van der Waals surface area (Å²) in [5.41, 5.74) is 8.11. The summed E-state index contributed by atoms with van der Waals surface area (Å²) in [6, 6.07) is 60.0. The summed E-state index contributed by atoms with van der Waals surface area (Å²) in [5.74, 6) is 3.67. The second-order valence-corrected chi connectivity index (χ2v) is 13.8. The Morgan fingerprint density at radius 2 is 0.759 bits per heavy atom. The van der Waals surface area contributed by atoms with Crippen molar-refractivity contribution in [2.45, 2.75) is 0 Å². The Morgan fingerprint density at radius 1 is 0.345 bits per heavy atom. The van der Waals surface area contributed by atoms with Gasteiger partial charge in [-0.25, -0.2) is 34.9 Å². The standard InChI is InChI=1S/C49H30N8O/c1-5-17-31(18-6-1)44-51-45(32-19-7-2-8-20-32)54-48(53-44)35-29-38(49-55-46(33-21-9-3-10-22-33)52-47(56-49)34-23-11-4-12-24-34)50-41(30-35)57-39-27-15-13-25-36(39)43-42(57)37-26-14-16-28-40(37)58-43/h1-30H. The molecule has 6 aromatic carbocycles. The monoisotopic (exact) mass is 746 g/mol. The van der Waals surface area contributed by atoms with Gasteiger partial charge in [0.15, 0.2) is 40.5 Å². The van der Waals surface area contributed by atoms with Crippen LogP contribution in [0, 0.1) is 0 Å². The summed E-state index contributed by atoms with van der Waals surface area (Å²) in [7, 11) is 0. The molecule has 58 heavy (non-hydrogen) atoms. The van der Waals surface area contributed by atoms with Crippen LogP contribution in [0.15, 0.2) is 186 Å². The third-order valence-electron chi connectivity index (χ3n) is 10.1. The van der Waals surface area contributed by atoms with Crippen LogP contribution >= 0.6 is 0 Å². The molecular weight excluding hydrogens is 717 g/mol. The Morgan fingerprint density at radius 3 is 1.28 bits per heavy atom. The van der Waals surface area contributed by atoms with Gasteiger partial charge in [0.25, 0.3) is 0 Å². The smallest absolute Gasteiger partial charge is 0.182 e. The molecule has 5 heterocycles. The number of benzene rings is 6. The lowest BCUT2D eigenvalue weighted by molar-refractivity contribution is 0.672. The third-order valence-corrected chi connectivity index (χ3v) is 10.1. The van der Waals surface area contributed by atoms with Crippen LogP contribution in [0.25, 0.3) is 107 Å². The topological polar surface area (TPSA) is 108 Å². The van der Waals surface area contributed by atoms with Crippen molar-refractivity contribution in [2.75, 3.05) is 0 Å². The van der Waals surface area contributed by atoms with Crippen molar-refractivity contribution in [3.8, 4) is 74.3 Å². The van der Waals surface area contributed by atoms with Crippen LogP contribution in [0.1, 0.15) is 0 Å². The summed E-state index contributed by atoms with van der Waals surface area (Å²) in [6.07, 6.45) is 0. The molecule has 0 saturated heterocycles. The normalized spacial score (nSPS) is 11.4. The van der Waals surface area contributed by atoms with E-state index in [0.29, 0.717) is 52.0 Å². The van der Waals surface area contributed by atoms with Crippen molar-refractivity contribution >= 4 is 33.0 Å². The van der Waals surface area contributed by atoms with Crippen molar-refractivity contribution < 1.29 is 4.42 Å². The molecule has 0 aliphatic carbocycles. The van der Waals surface area contributed by atoms with Crippen LogP contribution in [0.3, 0.4) is 0 Å². The zero-order valence-electron chi connectivity index (χ0n) is 30.8. The second-order valence-electron chi connectivity index (χ2n) is 13.8. The molecule has 0 radical (unpaired) electrons. The van der Waals surface area contributed by atoms with Crippen LogP contribution in [0.5, 0.6) is 0 Å². The van der Waals surface area contributed by atoms with Gasteiger partial charge in [-0.2, -0.15) is 0 Å². The summed E-state index contributed by atoms with van der Waals surface area (Å²) in [4.78, 5) is 35.7. The second kappa shape index (κ2) is 13.8. The zero-order valence-corrected chi connectivity index (χ0v) is 30.8. The number of rotatable bonds is 7. The van der Waals surface area contributed by atoms with Crippen LogP contribution in [0.4, 0.5) is 0 Å². The Hall–Kier alpha value is -8.17. The first-order valence-corrected chi connectivity index (χ1v) is 18.9. The number of aromatic nitrogens is 8. The Balaban J connectivity index is 1.22. The maximum atomic E-state index is 6.54. The maximum absolute atomic E-state index is 6.54. The first-order chi connectivity index (χ1) is 28.7. The van der Waals surface area contributed by atoms with Crippen LogP contribution < -0.4 is 0 Å². The number of nitrogens with zero attached hydrogens (tertiary/aromatic N) is 8. The largest absolute Gasteiger partial charge is 0.454 e. The van der Waals surface area contributed by atoms with E-state index in [2.05, 4.69) is 22.8 Å². The molecule has 11 aromatic rings.